The molecule has 23 heavy (non-hydrogen) atoms. The zero-order chi connectivity index (χ0) is 16.4. The van der Waals surface area contributed by atoms with Gasteiger partial charge < -0.3 is 16.0 Å². The van der Waals surface area contributed by atoms with Gasteiger partial charge >= 0.3 is 0 Å². The first-order chi connectivity index (χ1) is 11.1. The lowest BCUT2D eigenvalue weighted by Crippen LogP contribution is -2.35. The summed E-state index contributed by atoms with van der Waals surface area (Å²) in [6.45, 7) is 5.54. The second kappa shape index (κ2) is 6.90. The fourth-order valence-electron chi connectivity index (χ4n) is 2.41. The van der Waals surface area contributed by atoms with Gasteiger partial charge in [0, 0.05) is 19.0 Å². The molecule has 2 heterocycles. The summed E-state index contributed by atoms with van der Waals surface area (Å²) in [5, 5.41) is 5.62. The molecule has 0 aliphatic carbocycles. The van der Waals surface area contributed by atoms with Gasteiger partial charge in [0.15, 0.2) is 5.84 Å². The van der Waals surface area contributed by atoms with E-state index in [0.717, 1.165) is 32.9 Å². The minimum absolute atomic E-state index is 0.379. The second-order valence-corrected chi connectivity index (χ2v) is 6.97. The van der Waals surface area contributed by atoms with Crippen molar-refractivity contribution in [2.75, 3.05) is 24.3 Å². The molecule has 2 aromatic rings. The van der Waals surface area contributed by atoms with E-state index in [9.17, 15) is 0 Å². The fourth-order valence-corrected chi connectivity index (χ4v) is 3.66. The number of para-hydroxylation sites is 2. The number of fused-ring (bicyclic) bond motifs is 2. The monoisotopic (exact) mass is 347 g/mol. The maximum absolute atomic E-state index is 5.75. The number of rotatable bonds is 4. The summed E-state index contributed by atoms with van der Waals surface area (Å²) in [6, 6.07) is 8.03. The van der Waals surface area contributed by atoms with Crippen molar-refractivity contribution in [3.63, 3.8) is 0 Å². The lowest BCUT2D eigenvalue weighted by molar-refractivity contribution is 0.500. The van der Waals surface area contributed by atoms with E-state index in [0.29, 0.717) is 24.9 Å². The van der Waals surface area contributed by atoms with Gasteiger partial charge in [-0.2, -0.15) is 12.6 Å². The fraction of sp³-hybridized carbons (Fsp3) is 0.375. The number of thiol groups is 1. The Kier molecular flexibility index (Phi) is 4.89. The summed E-state index contributed by atoms with van der Waals surface area (Å²) in [4.78, 5) is 11.8. The first kappa shape index (κ1) is 16.3. The first-order valence-corrected chi connectivity index (χ1v) is 9.10. The van der Waals surface area contributed by atoms with E-state index in [4.69, 9.17) is 15.7 Å². The number of thiazole rings is 1. The molecule has 0 unspecified atom stereocenters. The predicted molar refractivity (Wildman–Crippen MR) is 102 cm³/mol. The molecule has 0 saturated heterocycles. The normalized spacial score (nSPS) is 13.0. The Labute approximate surface area is 146 Å². The standard InChI is InChI=1S/C16H21N5S2/c1-10(2)15-20-13-14(21(9-22)8-7-17)18-11-5-3-4-6-12(11)19-16(13)23-15/h3-6,10,19,22H,7-9,17H2,1-2H3. The molecule has 122 valence electrons. The first-order valence-electron chi connectivity index (χ1n) is 7.65. The Balaban J connectivity index is 2.15. The van der Waals surface area contributed by atoms with E-state index in [1.807, 2.05) is 24.3 Å². The summed E-state index contributed by atoms with van der Waals surface area (Å²) in [7, 11) is 0. The number of nitrogens with two attached hydrogens (primary N) is 1. The molecule has 1 aliphatic rings. The highest BCUT2D eigenvalue weighted by molar-refractivity contribution is 7.80. The van der Waals surface area contributed by atoms with Crippen LogP contribution >= 0.6 is 24.0 Å². The summed E-state index contributed by atoms with van der Waals surface area (Å²) in [5.41, 5.74) is 8.54. The van der Waals surface area contributed by atoms with Crippen molar-refractivity contribution in [2.24, 2.45) is 10.7 Å². The smallest absolute Gasteiger partial charge is 0.159 e. The number of aromatic nitrogens is 1. The van der Waals surface area contributed by atoms with E-state index >= 15 is 0 Å². The molecular weight excluding hydrogens is 326 g/mol. The lowest BCUT2D eigenvalue weighted by atomic mass is 10.2. The van der Waals surface area contributed by atoms with E-state index in [1.165, 1.54) is 0 Å². The minimum Gasteiger partial charge on any atom is -0.344 e. The molecule has 1 aliphatic heterocycles. The van der Waals surface area contributed by atoms with Crippen molar-refractivity contribution in [1.29, 1.82) is 0 Å². The molecule has 0 fully saturated rings. The molecule has 3 N–H and O–H groups in total. The third-order valence-corrected chi connectivity index (χ3v) is 5.21. The van der Waals surface area contributed by atoms with Crippen molar-refractivity contribution in [2.45, 2.75) is 19.8 Å². The Hall–Kier alpha value is -1.57. The van der Waals surface area contributed by atoms with Crippen LogP contribution in [0.3, 0.4) is 0 Å². The molecule has 1 aromatic heterocycles. The van der Waals surface area contributed by atoms with E-state index < -0.39 is 0 Å². The van der Waals surface area contributed by atoms with Crippen LogP contribution in [0.4, 0.5) is 16.4 Å². The Bertz CT molecular complexity index is 723. The average Bonchev–Trinajstić information content (AvgIpc) is 2.90. The van der Waals surface area contributed by atoms with Crippen molar-refractivity contribution in [3.05, 3.63) is 35.0 Å². The van der Waals surface area contributed by atoms with Crippen molar-refractivity contribution in [1.82, 2.24) is 9.88 Å². The Morgan fingerprint density at radius 2 is 2.13 bits per heavy atom. The molecule has 5 nitrogen and oxygen atoms in total. The molecule has 7 heteroatoms. The number of anilines is 2. The number of amidine groups is 1. The van der Waals surface area contributed by atoms with Crippen molar-refractivity contribution in [3.8, 4) is 0 Å². The van der Waals surface area contributed by atoms with Crippen LogP contribution in [-0.2, 0) is 0 Å². The zero-order valence-electron chi connectivity index (χ0n) is 13.3. The number of hydrogen-bond acceptors (Lipinski definition) is 7. The molecule has 0 bridgehead atoms. The molecule has 1 aromatic carbocycles. The van der Waals surface area contributed by atoms with Gasteiger partial charge in [-0.05, 0) is 12.1 Å². The summed E-state index contributed by atoms with van der Waals surface area (Å²) >= 11 is 6.13. The summed E-state index contributed by atoms with van der Waals surface area (Å²) in [6.07, 6.45) is 0. The van der Waals surface area contributed by atoms with Crippen LogP contribution in [0.25, 0.3) is 0 Å². The highest BCUT2D eigenvalue weighted by Gasteiger charge is 2.25. The van der Waals surface area contributed by atoms with Crippen LogP contribution in [0, 0.1) is 0 Å². The van der Waals surface area contributed by atoms with Gasteiger partial charge in [-0.1, -0.05) is 26.0 Å². The van der Waals surface area contributed by atoms with E-state index in [2.05, 4.69) is 36.7 Å². The third kappa shape index (κ3) is 3.22. The largest absolute Gasteiger partial charge is 0.344 e. The average molecular weight is 348 g/mol. The number of hydrogen-bond donors (Lipinski definition) is 3. The number of nitrogens with one attached hydrogen (secondary N) is 1. The van der Waals surface area contributed by atoms with E-state index in [-0.39, 0.29) is 0 Å². The molecule has 3 rings (SSSR count). The maximum Gasteiger partial charge on any atom is 0.159 e. The van der Waals surface area contributed by atoms with Gasteiger partial charge in [0.25, 0.3) is 0 Å². The summed E-state index contributed by atoms with van der Waals surface area (Å²) in [5.74, 6) is 1.76. The van der Waals surface area contributed by atoms with Crippen LogP contribution in [0.5, 0.6) is 0 Å². The van der Waals surface area contributed by atoms with Crippen LogP contribution < -0.4 is 11.1 Å². The topological polar surface area (TPSA) is 66.5 Å². The Morgan fingerprint density at radius 1 is 1.35 bits per heavy atom. The van der Waals surface area contributed by atoms with Gasteiger partial charge in [-0.3, -0.25) is 0 Å². The highest BCUT2D eigenvalue weighted by atomic mass is 32.1. The lowest BCUT2D eigenvalue weighted by Gasteiger charge is -2.22. The minimum atomic E-state index is 0.379. The molecular formula is C16H21N5S2. The summed E-state index contributed by atoms with van der Waals surface area (Å²) < 4.78 is 0. The van der Waals surface area contributed by atoms with Crippen LogP contribution in [-0.4, -0.2) is 34.7 Å². The molecule has 0 spiro atoms. The van der Waals surface area contributed by atoms with Gasteiger partial charge in [-0.15, -0.1) is 11.3 Å². The molecule has 0 radical (unpaired) electrons. The molecule has 0 atom stereocenters. The quantitative estimate of drug-likeness (QED) is 0.584. The number of aliphatic imine (C=N–C) groups is 1. The molecule has 0 amide bonds. The Morgan fingerprint density at radius 3 is 2.83 bits per heavy atom. The van der Waals surface area contributed by atoms with Gasteiger partial charge in [-0.25, -0.2) is 9.98 Å². The highest BCUT2D eigenvalue weighted by Crippen LogP contribution is 2.39. The van der Waals surface area contributed by atoms with Crippen molar-refractivity contribution >= 4 is 46.2 Å². The van der Waals surface area contributed by atoms with Crippen LogP contribution in [0.1, 0.15) is 30.5 Å². The SMILES string of the molecule is CC(C)c1nc2c(s1)Nc1ccccc1N=C2N(CS)CCN. The maximum atomic E-state index is 5.75. The predicted octanol–water partition coefficient (Wildman–Crippen LogP) is 3.55. The zero-order valence-corrected chi connectivity index (χ0v) is 15.0. The van der Waals surface area contributed by atoms with E-state index in [1.54, 1.807) is 11.3 Å². The van der Waals surface area contributed by atoms with Gasteiger partial charge in [0.05, 0.1) is 22.3 Å². The second-order valence-electron chi connectivity index (χ2n) is 5.66. The van der Waals surface area contributed by atoms with Gasteiger partial charge in [0.2, 0.25) is 0 Å². The van der Waals surface area contributed by atoms with Gasteiger partial charge in [0.1, 0.15) is 10.7 Å². The van der Waals surface area contributed by atoms with Crippen LogP contribution in [0.2, 0.25) is 0 Å². The van der Waals surface area contributed by atoms with Crippen LogP contribution in [0.15, 0.2) is 29.3 Å². The molecule has 0 saturated carbocycles. The third-order valence-electron chi connectivity index (χ3n) is 3.60. The number of nitrogens with zero attached hydrogens (tertiary/aromatic N) is 3. The number of benzene rings is 1. The van der Waals surface area contributed by atoms with Crippen molar-refractivity contribution < 1.29 is 0 Å².